The monoisotopic (exact) mass is 602 g/mol. The van der Waals surface area contributed by atoms with Gasteiger partial charge in [0, 0.05) is 11.5 Å². The number of nitrogens with zero attached hydrogens (tertiary/aromatic N) is 4. The molecule has 0 fully saturated rings. The molecule has 2 rings (SSSR count). The first-order valence-electron chi connectivity index (χ1n) is 14.9. The van der Waals surface area contributed by atoms with Crippen LogP contribution >= 0.6 is 29.2 Å². The van der Waals surface area contributed by atoms with Crippen LogP contribution in [0.5, 0.6) is 0 Å². The number of fused-ring (bicyclic) bond motifs is 1. The minimum absolute atomic E-state index is 0.240. The predicted molar refractivity (Wildman–Crippen MR) is 166 cm³/mol. The van der Waals surface area contributed by atoms with Crippen molar-refractivity contribution in [3.05, 3.63) is 18.3 Å². The van der Waals surface area contributed by atoms with E-state index in [0.717, 1.165) is 22.6 Å². The van der Waals surface area contributed by atoms with Crippen LogP contribution in [-0.4, -0.2) is 55.0 Å². The van der Waals surface area contributed by atoms with E-state index in [0.29, 0.717) is 12.3 Å². The van der Waals surface area contributed by atoms with E-state index < -0.39 is 7.60 Å². The first-order valence-corrected chi connectivity index (χ1v) is 19.1. The third kappa shape index (κ3) is 15.8. The van der Waals surface area contributed by atoms with Gasteiger partial charge in [-0.05, 0) is 20.3 Å². The highest BCUT2D eigenvalue weighted by atomic mass is 33.1. The second-order valence-corrected chi connectivity index (χ2v) is 14.8. The molecule has 0 saturated carbocycles. The van der Waals surface area contributed by atoms with Gasteiger partial charge in [0.05, 0.1) is 31.3 Å². The third-order valence-corrected chi connectivity index (χ3v) is 10.2. The van der Waals surface area contributed by atoms with Crippen LogP contribution in [0.2, 0.25) is 0 Å². The van der Waals surface area contributed by atoms with Gasteiger partial charge in [-0.3, -0.25) is 4.57 Å². The fraction of sp³-hybridized carbons (Fsp3) is 0.821. The number of imidazole rings is 1. The molecule has 39 heavy (non-hydrogen) atoms. The molecule has 0 spiro atoms. The molecular formula is C28H51N4O4PS2. The fourth-order valence-corrected chi connectivity index (χ4v) is 7.40. The van der Waals surface area contributed by atoms with E-state index >= 15 is 0 Å². The Morgan fingerprint density at radius 2 is 1.49 bits per heavy atom. The molecule has 0 bridgehead atoms. The first kappa shape index (κ1) is 34.6. The van der Waals surface area contributed by atoms with E-state index in [1.165, 1.54) is 96.2 Å². The largest absolute Gasteiger partial charge is 0.364 e. The van der Waals surface area contributed by atoms with E-state index in [1.54, 1.807) is 17.1 Å². The maximum atomic E-state index is 12.3. The Hall–Kier alpha value is -0.640. The minimum Gasteiger partial charge on any atom is -0.364 e. The zero-order chi connectivity index (χ0) is 28.2. The number of hydrogen-bond acceptors (Lipinski definition) is 8. The molecule has 0 amide bonds. The van der Waals surface area contributed by atoms with Crippen molar-refractivity contribution in [1.29, 1.82) is 0 Å². The molecule has 2 aromatic rings. The summed E-state index contributed by atoms with van der Waals surface area (Å²) in [4.78, 5) is 22.9. The SMILES string of the molecule is CCCCCCCCCCCCCCCCSSCCOP(=O)(O)COC(C)Cn1cnc2c(C)ncnc21. The highest BCUT2D eigenvalue weighted by Gasteiger charge is 2.21. The van der Waals surface area contributed by atoms with Crippen molar-refractivity contribution in [2.45, 2.75) is 123 Å². The Morgan fingerprint density at radius 1 is 0.897 bits per heavy atom. The smallest absolute Gasteiger partial charge is 0.353 e. The van der Waals surface area contributed by atoms with Crippen molar-refractivity contribution in [3.8, 4) is 0 Å². The Bertz CT molecular complexity index is 949. The molecule has 2 atom stereocenters. The van der Waals surface area contributed by atoms with Crippen molar-refractivity contribution in [3.63, 3.8) is 0 Å². The van der Waals surface area contributed by atoms with Gasteiger partial charge in [0.2, 0.25) is 0 Å². The van der Waals surface area contributed by atoms with Crippen LogP contribution in [0.3, 0.4) is 0 Å². The summed E-state index contributed by atoms with van der Waals surface area (Å²) in [5.41, 5.74) is 2.29. The molecule has 8 nitrogen and oxygen atoms in total. The Morgan fingerprint density at radius 3 is 2.13 bits per heavy atom. The number of hydrogen-bond donors (Lipinski definition) is 1. The zero-order valence-corrected chi connectivity index (χ0v) is 26.9. The standard InChI is InChI=1S/C28H51N4O4PS2/c1-4-5-6-7-8-9-10-11-12-13-14-15-16-17-19-38-39-20-18-36-37(33,34)24-35-25(2)21-32-23-31-27-26(3)29-22-30-28(27)32/h22-23,25H,4-21,24H2,1-3H3,(H,33,34). The maximum Gasteiger partial charge on any atom is 0.353 e. The summed E-state index contributed by atoms with van der Waals surface area (Å²) in [7, 11) is -0.250. The molecule has 2 heterocycles. The van der Waals surface area contributed by atoms with Gasteiger partial charge >= 0.3 is 7.60 Å². The fourth-order valence-electron chi connectivity index (χ4n) is 4.41. The van der Waals surface area contributed by atoms with Crippen LogP contribution in [0.4, 0.5) is 0 Å². The second kappa shape index (κ2) is 21.1. The van der Waals surface area contributed by atoms with Crippen LogP contribution in [-0.2, 0) is 20.4 Å². The Labute approximate surface area is 244 Å². The average Bonchev–Trinajstić information content (AvgIpc) is 3.32. The van der Waals surface area contributed by atoms with Crippen molar-refractivity contribution in [1.82, 2.24) is 19.5 Å². The summed E-state index contributed by atoms with van der Waals surface area (Å²) in [5, 5.41) is 0. The van der Waals surface area contributed by atoms with E-state index in [-0.39, 0.29) is 19.1 Å². The van der Waals surface area contributed by atoms with Gasteiger partial charge in [-0.2, -0.15) is 0 Å². The third-order valence-electron chi connectivity index (χ3n) is 6.68. The number of aromatic nitrogens is 4. The number of aryl methyl sites for hydroxylation is 1. The highest BCUT2D eigenvalue weighted by molar-refractivity contribution is 8.76. The zero-order valence-electron chi connectivity index (χ0n) is 24.4. The molecule has 0 aliphatic carbocycles. The van der Waals surface area contributed by atoms with Gasteiger partial charge in [0.15, 0.2) is 5.65 Å². The molecular weight excluding hydrogens is 551 g/mol. The van der Waals surface area contributed by atoms with Gasteiger partial charge in [0.25, 0.3) is 0 Å². The van der Waals surface area contributed by atoms with Crippen LogP contribution in [0.15, 0.2) is 12.7 Å². The van der Waals surface area contributed by atoms with E-state index in [2.05, 4.69) is 21.9 Å². The van der Waals surface area contributed by atoms with Gasteiger partial charge in [-0.25, -0.2) is 15.0 Å². The summed E-state index contributed by atoms with van der Waals surface area (Å²) in [6, 6.07) is 0. The molecule has 0 radical (unpaired) electrons. The van der Waals surface area contributed by atoms with Gasteiger partial charge in [-0.15, -0.1) is 0 Å². The lowest BCUT2D eigenvalue weighted by Gasteiger charge is -2.17. The number of unbranched alkanes of at least 4 members (excludes halogenated alkanes) is 13. The Kier molecular flexibility index (Phi) is 18.7. The molecule has 2 unspecified atom stereocenters. The van der Waals surface area contributed by atoms with Gasteiger partial charge < -0.3 is 18.7 Å². The van der Waals surface area contributed by atoms with Gasteiger partial charge in [0.1, 0.15) is 18.2 Å². The minimum atomic E-state index is -3.78. The molecule has 0 saturated heterocycles. The van der Waals surface area contributed by atoms with Crippen molar-refractivity contribution >= 4 is 40.3 Å². The lowest BCUT2D eigenvalue weighted by Crippen LogP contribution is -2.17. The lowest BCUT2D eigenvalue weighted by atomic mass is 10.0. The molecule has 224 valence electrons. The summed E-state index contributed by atoms with van der Waals surface area (Å²) in [5.74, 6) is 1.80. The summed E-state index contributed by atoms with van der Waals surface area (Å²) in [6.45, 7) is 6.72. The second-order valence-electron chi connectivity index (χ2n) is 10.3. The average molecular weight is 603 g/mol. The van der Waals surface area contributed by atoms with Crippen LogP contribution in [0, 0.1) is 6.92 Å². The molecule has 2 aromatic heterocycles. The Balaban J connectivity index is 1.38. The summed E-state index contributed by atoms with van der Waals surface area (Å²) < 4.78 is 25.0. The van der Waals surface area contributed by atoms with Crippen LogP contribution < -0.4 is 0 Å². The molecule has 0 aliphatic rings. The lowest BCUT2D eigenvalue weighted by molar-refractivity contribution is 0.0724. The predicted octanol–water partition coefficient (Wildman–Crippen LogP) is 8.56. The topological polar surface area (TPSA) is 99.4 Å². The van der Waals surface area contributed by atoms with Crippen molar-refractivity contribution in [2.24, 2.45) is 0 Å². The highest BCUT2D eigenvalue weighted by Crippen LogP contribution is 2.42. The van der Waals surface area contributed by atoms with Crippen LogP contribution in [0.25, 0.3) is 11.2 Å². The number of ether oxygens (including phenoxy) is 1. The van der Waals surface area contributed by atoms with E-state index in [9.17, 15) is 9.46 Å². The quantitative estimate of drug-likeness (QED) is 0.0680. The van der Waals surface area contributed by atoms with Crippen molar-refractivity contribution in [2.75, 3.05) is 24.5 Å². The van der Waals surface area contributed by atoms with Crippen molar-refractivity contribution < 1.29 is 18.7 Å². The molecule has 0 aliphatic heterocycles. The number of rotatable bonds is 25. The molecule has 1 N–H and O–H groups in total. The maximum absolute atomic E-state index is 12.3. The van der Waals surface area contributed by atoms with E-state index in [4.69, 9.17) is 9.26 Å². The molecule has 0 aromatic carbocycles. The first-order chi connectivity index (χ1) is 18.9. The summed E-state index contributed by atoms with van der Waals surface area (Å²) >= 11 is 0. The van der Waals surface area contributed by atoms with Crippen LogP contribution in [0.1, 0.15) is 109 Å². The van der Waals surface area contributed by atoms with E-state index in [1.807, 2.05) is 29.2 Å². The van der Waals surface area contributed by atoms with Gasteiger partial charge in [-0.1, -0.05) is 112 Å². The normalized spacial score (nSPS) is 14.2. The summed E-state index contributed by atoms with van der Waals surface area (Å²) in [6.07, 6.45) is 21.8. The molecule has 11 heteroatoms.